The highest BCUT2D eigenvalue weighted by Gasteiger charge is 2.36. The van der Waals surface area contributed by atoms with Gasteiger partial charge in [-0.2, -0.15) is 4.31 Å². The fourth-order valence-corrected chi connectivity index (χ4v) is 7.75. The van der Waals surface area contributed by atoms with Crippen molar-refractivity contribution >= 4 is 27.8 Å². The molecule has 298 valence electrons. The first-order valence-electron chi connectivity index (χ1n) is 18.4. The van der Waals surface area contributed by atoms with Gasteiger partial charge in [-0.3, -0.25) is 14.9 Å². The zero-order chi connectivity index (χ0) is 40.1. The van der Waals surface area contributed by atoms with Crippen LogP contribution in [0.4, 0.5) is 10.5 Å². The molecule has 1 fully saturated rings. The summed E-state index contributed by atoms with van der Waals surface area (Å²) < 4.78 is 52.5. The number of non-ortho nitro benzene ring substituents is 1. The number of nitro benzene ring substituents is 1. The molecule has 0 spiro atoms. The van der Waals surface area contributed by atoms with E-state index in [9.17, 15) is 28.1 Å². The molecule has 0 radical (unpaired) electrons. The highest BCUT2D eigenvalue weighted by atomic mass is 32.2. The van der Waals surface area contributed by atoms with Gasteiger partial charge in [-0.05, 0) is 59.7 Å². The summed E-state index contributed by atoms with van der Waals surface area (Å²) in [7, 11) is -4.30. The van der Waals surface area contributed by atoms with Gasteiger partial charge >= 0.3 is 12.1 Å². The number of amides is 1. The number of carbonyl (C=O) groups is 2. The van der Waals surface area contributed by atoms with Crippen LogP contribution in [0.1, 0.15) is 37.0 Å². The second-order valence-electron chi connectivity index (χ2n) is 14.0. The number of benzene rings is 4. The molecule has 0 aliphatic carbocycles. The summed E-state index contributed by atoms with van der Waals surface area (Å²) in [4.78, 5) is 37.7. The molecular weight excluding hydrogens is 741 g/mol. The molecule has 3 unspecified atom stereocenters. The smallest absolute Gasteiger partial charge is 0.407 e. The second-order valence-corrected chi connectivity index (χ2v) is 15.9. The Kier molecular flexibility index (Phi) is 14.9. The number of sulfonamides is 1. The van der Waals surface area contributed by atoms with Gasteiger partial charge in [-0.25, -0.2) is 13.2 Å². The van der Waals surface area contributed by atoms with Crippen LogP contribution < -0.4 is 15.8 Å². The molecule has 1 aliphatic rings. The summed E-state index contributed by atoms with van der Waals surface area (Å²) in [6, 6.07) is 28.5. The third-order valence-corrected chi connectivity index (χ3v) is 10.9. The maximum absolute atomic E-state index is 14.2. The normalized spacial score (nSPS) is 15.8. The zero-order valence-electron chi connectivity index (χ0n) is 31.4. The van der Waals surface area contributed by atoms with Crippen LogP contribution in [0.5, 0.6) is 5.75 Å². The van der Waals surface area contributed by atoms with Gasteiger partial charge in [0.1, 0.15) is 30.6 Å². The SMILES string of the molecule is CC(C)CN(CC(OC(=O)C(N)Cc1ccc(OCc2ccccc2)cc1)[C@H](Cc1ccccc1)NC(=O)OC1CCOC1)S(=O)(=O)c1ccc([N+](=O)[O-])cc1. The average molecular weight is 789 g/mol. The first-order chi connectivity index (χ1) is 26.9. The van der Waals surface area contributed by atoms with Crippen molar-refractivity contribution in [1.82, 2.24) is 9.62 Å². The number of nitro groups is 1. The van der Waals surface area contributed by atoms with E-state index in [1.165, 1.54) is 0 Å². The lowest BCUT2D eigenvalue weighted by atomic mass is 10.0. The minimum atomic E-state index is -4.30. The van der Waals surface area contributed by atoms with Crippen molar-refractivity contribution in [2.75, 3.05) is 26.3 Å². The number of nitrogens with two attached hydrogens (primary N) is 1. The van der Waals surface area contributed by atoms with Crippen LogP contribution in [0.2, 0.25) is 0 Å². The van der Waals surface area contributed by atoms with Crippen LogP contribution in [0, 0.1) is 16.0 Å². The number of carbonyl (C=O) groups excluding carboxylic acids is 2. The largest absolute Gasteiger partial charge is 0.489 e. The molecule has 4 aromatic carbocycles. The first-order valence-corrected chi connectivity index (χ1v) is 19.9. The van der Waals surface area contributed by atoms with Crippen molar-refractivity contribution in [3.05, 3.63) is 136 Å². The molecule has 3 N–H and O–H groups in total. The molecule has 4 aromatic rings. The van der Waals surface area contributed by atoms with Crippen molar-refractivity contribution in [2.45, 2.75) is 68.9 Å². The van der Waals surface area contributed by atoms with Crippen LogP contribution in [0.25, 0.3) is 0 Å². The summed E-state index contributed by atoms with van der Waals surface area (Å²) >= 11 is 0. The first kappa shape index (κ1) is 41.8. The number of rotatable bonds is 19. The second kappa shape index (κ2) is 20.0. The van der Waals surface area contributed by atoms with Crippen LogP contribution in [0.3, 0.4) is 0 Å². The Hall–Kier alpha value is -5.35. The van der Waals surface area contributed by atoms with Gasteiger partial charge in [0.25, 0.3) is 5.69 Å². The van der Waals surface area contributed by atoms with Crippen LogP contribution in [-0.2, 0) is 48.5 Å². The van der Waals surface area contributed by atoms with Gasteiger partial charge in [0, 0.05) is 25.1 Å². The Labute approximate surface area is 327 Å². The molecule has 0 saturated carbocycles. The Bertz CT molecular complexity index is 1980. The molecule has 5 rings (SSSR count). The van der Waals surface area contributed by atoms with E-state index < -0.39 is 51.3 Å². The van der Waals surface area contributed by atoms with Crippen LogP contribution in [-0.4, -0.2) is 80.3 Å². The molecular formula is C41H48N4O10S. The van der Waals surface area contributed by atoms with E-state index in [1.54, 1.807) is 24.3 Å². The number of nitrogens with one attached hydrogen (secondary N) is 1. The van der Waals surface area contributed by atoms with Gasteiger partial charge in [-0.1, -0.05) is 86.6 Å². The standard InChI is InChI=1S/C41H48N4O10S/c1-29(2)25-44(56(50,51)36-19-15-33(16-20-36)45(48)49)26-39(38(24-30-9-5-3-6-10-30)43-41(47)54-35-21-22-52-28-35)55-40(46)37(42)23-31-13-17-34(18-14-31)53-27-32-11-7-4-8-12-32/h3-20,29,35,37-39H,21-28,42H2,1-2H3,(H,43,47)/t35?,37?,38-,39?/m0/s1. The minimum absolute atomic E-state index is 0.0000331. The lowest BCUT2D eigenvalue weighted by Crippen LogP contribution is -2.54. The summed E-state index contributed by atoms with van der Waals surface area (Å²) in [6.07, 6.45) is -1.77. The van der Waals surface area contributed by atoms with Crippen molar-refractivity contribution in [3.8, 4) is 5.75 Å². The minimum Gasteiger partial charge on any atom is -0.489 e. The van der Waals surface area contributed by atoms with Gasteiger partial charge in [0.15, 0.2) is 0 Å². The Morgan fingerprint density at radius 3 is 2.11 bits per heavy atom. The highest BCUT2D eigenvalue weighted by Crippen LogP contribution is 2.24. The van der Waals surface area contributed by atoms with E-state index >= 15 is 0 Å². The highest BCUT2D eigenvalue weighted by molar-refractivity contribution is 7.89. The fraction of sp³-hybridized carbons (Fsp3) is 0.366. The topological polar surface area (TPSA) is 190 Å². The molecule has 1 heterocycles. The van der Waals surface area contributed by atoms with E-state index in [1.807, 2.05) is 74.5 Å². The monoisotopic (exact) mass is 788 g/mol. The van der Waals surface area contributed by atoms with Crippen molar-refractivity contribution in [1.29, 1.82) is 0 Å². The van der Waals surface area contributed by atoms with E-state index in [0.717, 1.165) is 45.3 Å². The summed E-state index contributed by atoms with van der Waals surface area (Å²) in [6.45, 7) is 4.34. The number of hydrogen-bond acceptors (Lipinski definition) is 11. The molecule has 14 nitrogen and oxygen atoms in total. The quantitative estimate of drug-likeness (QED) is 0.0701. The van der Waals surface area contributed by atoms with Gasteiger partial charge in [0.2, 0.25) is 10.0 Å². The Morgan fingerprint density at radius 2 is 1.52 bits per heavy atom. The van der Waals surface area contributed by atoms with Crippen molar-refractivity contribution in [2.24, 2.45) is 11.7 Å². The predicted octanol–water partition coefficient (Wildman–Crippen LogP) is 5.43. The Morgan fingerprint density at radius 1 is 0.893 bits per heavy atom. The third-order valence-electron chi connectivity index (χ3n) is 9.05. The number of hydrogen-bond donors (Lipinski definition) is 2. The molecule has 0 bridgehead atoms. The maximum Gasteiger partial charge on any atom is 0.407 e. The fourth-order valence-electron chi connectivity index (χ4n) is 6.14. The third kappa shape index (κ3) is 12.3. The van der Waals surface area contributed by atoms with Crippen molar-refractivity contribution < 1.29 is 41.9 Å². The molecule has 1 amide bonds. The van der Waals surface area contributed by atoms with E-state index in [0.29, 0.717) is 25.4 Å². The van der Waals surface area contributed by atoms with E-state index in [-0.39, 0.29) is 49.0 Å². The maximum atomic E-state index is 14.2. The van der Waals surface area contributed by atoms with Gasteiger partial charge in [0.05, 0.1) is 35.6 Å². The number of esters is 1. The Balaban J connectivity index is 1.40. The summed E-state index contributed by atoms with van der Waals surface area (Å²) in [5.74, 6) is -0.359. The average Bonchev–Trinajstić information content (AvgIpc) is 3.70. The predicted molar refractivity (Wildman–Crippen MR) is 208 cm³/mol. The summed E-state index contributed by atoms with van der Waals surface area (Å²) in [5.41, 5.74) is 8.70. The van der Waals surface area contributed by atoms with Crippen molar-refractivity contribution in [3.63, 3.8) is 0 Å². The lowest BCUT2D eigenvalue weighted by molar-refractivity contribution is -0.384. The molecule has 1 aliphatic heterocycles. The number of nitrogens with zero attached hydrogens (tertiary/aromatic N) is 2. The van der Waals surface area contributed by atoms with Crippen LogP contribution in [0.15, 0.2) is 114 Å². The molecule has 1 saturated heterocycles. The molecule has 0 aromatic heterocycles. The van der Waals surface area contributed by atoms with E-state index in [2.05, 4.69) is 5.32 Å². The van der Waals surface area contributed by atoms with E-state index in [4.69, 9.17) is 24.7 Å². The molecule has 56 heavy (non-hydrogen) atoms. The van der Waals surface area contributed by atoms with Crippen LogP contribution >= 0.6 is 0 Å². The number of alkyl carbamates (subject to hydrolysis) is 1. The zero-order valence-corrected chi connectivity index (χ0v) is 32.2. The van der Waals surface area contributed by atoms with Gasteiger partial charge in [-0.15, -0.1) is 0 Å². The lowest BCUT2D eigenvalue weighted by Gasteiger charge is -2.33. The number of ether oxygens (including phenoxy) is 4. The van der Waals surface area contributed by atoms with Gasteiger partial charge < -0.3 is 30.0 Å². The summed E-state index contributed by atoms with van der Waals surface area (Å²) in [5, 5.41) is 14.1. The molecule has 15 heteroatoms. The molecule has 4 atom stereocenters.